The number of rotatable bonds is 3. The van der Waals surface area contributed by atoms with Gasteiger partial charge < -0.3 is 0 Å². The molecule has 0 unspecified atom stereocenters. The van der Waals surface area contributed by atoms with Crippen molar-refractivity contribution in [1.82, 2.24) is 4.98 Å². The van der Waals surface area contributed by atoms with Crippen molar-refractivity contribution < 1.29 is 4.79 Å². The fourth-order valence-electron chi connectivity index (χ4n) is 2.32. The van der Waals surface area contributed by atoms with Crippen molar-refractivity contribution in [2.45, 2.75) is 32.1 Å². The maximum Gasteiger partial charge on any atom is 0.174 e. The predicted molar refractivity (Wildman–Crippen MR) is 73.2 cm³/mol. The topological polar surface area (TPSA) is 30.0 Å². The fourth-order valence-corrected chi connectivity index (χ4v) is 3.40. The van der Waals surface area contributed by atoms with Crippen molar-refractivity contribution in [3.63, 3.8) is 0 Å². The van der Waals surface area contributed by atoms with Gasteiger partial charge in [0.25, 0.3) is 0 Å². The first kappa shape index (κ1) is 11.6. The third kappa shape index (κ3) is 2.36. The van der Waals surface area contributed by atoms with E-state index < -0.39 is 0 Å². The van der Waals surface area contributed by atoms with E-state index in [1.54, 1.807) is 11.3 Å². The van der Waals surface area contributed by atoms with Gasteiger partial charge in [-0.3, -0.25) is 4.79 Å². The van der Waals surface area contributed by atoms with Crippen LogP contribution in [0.4, 0.5) is 0 Å². The van der Waals surface area contributed by atoms with E-state index in [2.05, 4.69) is 29.2 Å². The number of carbonyl (C=O) groups excluding carboxylic acids is 1. The number of hydrogen-bond acceptors (Lipinski definition) is 3. The molecule has 2 aromatic rings. The van der Waals surface area contributed by atoms with E-state index in [0.717, 1.165) is 41.3 Å². The summed E-state index contributed by atoms with van der Waals surface area (Å²) in [7, 11) is 0. The molecule has 1 heterocycles. The largest absolute Gasteiger partial charge is 0.293 e. The Morgan fingerprint density at radius 1 is 1.11 bits per heavy atom. The zero-order valence-electron chi connectivity index (χ0n) is 10.2. The molecule has 0 saturated carbocycles. The quantitative estimate of drug-likeness (QED) is 0.843. The summed E-state index contributed by atoms with van der Waals surface area (Å²) in [5, 5.41) is 1.11. The summed E-state index contributed by atoms with van der Waals surface area (Å²) in [6, 6.07) is 10.4. The maximum atomic E-state index is 11.7. The maximum absolute atomic E-state index is 11.7. The molecule has 1 aliphatic rings. The predicted octanol–water partition coefficient (Wildman–Crippen LogP) is 3.45. The number of Topliss-reactive ketones (excluding diaryl/α,β-unsaturated/α-hetero) is 1. The number of nitrogens with zero attached hydrogens (tertiary/aromatic N) is 1. The molecule has 1 aromatic heterocycles. The average Bonchev–Trinajstić information content (AvgIpc) is 2.82. The number of aryl methyl sites for hydroxylation is 3. The molecule has 0 amide bonds. The van der Waals surface area contributed by atoms with E-state index >= 15 is 0 Å². The Morgan fingerprint density at radius 3 is 2.72 bits per heavy atom. The zero-order chi connectivity index (χ0) is 12.4. The Balaban J connectivity index is 1.72. The molecule has 0 spiro atoms. The smallest absolute Gasteiger partial charge is 0.174 e. The standard InChI is InChI=1S/C15H15NOS/c17-13-8-4-7-12-15(13)18-14(16-12)10-9-11-5-2-1-3-6-11/h1-3,5-6H,4,7-10H2. The van der Waals surface area contributed by atoms with Crippen molar-refractivity contribution in [3.8, 4) is 0 Å². The first-order chi connectivity index (χ1) is 8.83. The minimum Gasteiger partial charge on any atom is -0.293 e. The van der Waals surface area contributed by atoms with Crippen LogP contribution in [0.15, 0.2) is 30.3 Å². The van der Waals surface area contributed by atoms with Crippen molar-refractivity contribution >= 4 is 17.1 Å². The average molecular weight is 257 g/mol. The van der Waals surface area contributed by atoms with Crippen LogP contribution in [0, 0.1) is 0 Å². The molecule has 18 heavy (non-hydrogen) atoms. The minimum atomic E-state index is 0.291. The second kappa shape index (κ2) is 5.02. The number of aromatic nitrogens is 1. The molecule has 2 nitrogen and oxygen atoms in total. The number of ketones is 1. The van der Waals surface area contributed by atoms with Gasteiger partial charge in [-0.1, -0.05) is 30.3 Å². The monoisotopic (exact) mass is 257 g/mol. The number of carbonyl (C=O) groups is 1. The molecule has 0 atom stereocenters. The van der Waals surface area contributed by atoms with Gasteiger partial charge in [0.2, 0.25) is 0 Å². The molecule has 92 valence electrons. The van der Waals surface area contributed by atoms with E-state index in [1.165, 1.54) is 5.56 Å². The molecule has 0 fully saturated rings. The summed E-state index contributed by atoms with van der Waals surface area (Å²) in [4.78, 5) is 17.3. The summed E-state index contributed by atoms with van der Waals surface area (Å²) in [5.74, 6) is 0.291. The van der Waals surface area contributed by atoms with Crippen LogP contribution in [0.2, 0.25) is 0 Å². The molecule has 3 heteroatoms. The number of thiazole rings is 1. The van der Waals surface area contributed by atoms with Gasteiger partial charge in [0.05, 0.1) is 15.6 Å². The highest BCUT2D eigenvalue weighted by Gasteiger charge is 2.21. The van der Waals surface area contributed by atoms with Crippen LogP contribution >= 0.6 is 11.3 Å². The van der Waals surface area contributed by atoms with Crippen molar-refractivity contribution in [3.05, 3.63) is 51.5 Å². The summed E-state index contributed by atoms with van der Waals surface area (Å²) < 4.78 is 0. The SMILES string of the molecule is O=C1CCCc2nc(CCc3ccccc3)sc21. The van der Waals surface area contributed by atoms with E-state index in [9.17, 15) is 4.79 Å². The normalized spacial score (nSPS) is 14.6. The highest BCUT2D eigenvalue weighted by molar-refractivity contribution is 7.13. The number of hydrogen-bond donors (Lipinski definition) is 0. The van der Waals surface area contributed by atoms with Gasteiger partial charge in [-0.2, -0.15) is 0 Å². The first-order valence-corrected chi connectivity index (χ1v) is 7.20. The Bertz CT molecular complexity index is 559. The summed E-state index contributed by atoms with van der Waals surface area (Å²) in [6.07, 6.45) is 4.58. The molecule has 0 saturated heterocycles. The molecule has 0 bridgehead atoms. The molecule has 1 aromatic carbocycles. The summed E-state index contributed by atoms with van der Waals surface area (Å²) in [6.45, 7) is 0. The Morgan fingerprint density at radius 2 is 1.94 bits per heavy atom. The second-order valence-electron chi connectivity index (χ2n) is 4.65. The summed E-state index contributed by atoms with van der Waals surface area (Å²) >= 11 is 1.60. The Hall–Kier alpha value is -1.48. The highest BCUT2D eigenvalue weighted by atomic mass is 32.1. The van der Waals surface area contributed by atoms with E-state index in [1.807, 2.05) is 6.07 Å². The molecule has 0 aliphatic heterocycles. The highest BCUT2D eigenvalue weighted by Crippen LogP contribution is 2.27. The van der Waals surface area contributed by atoms with E-state index in [4.69, 9.17) is 0 Å². The van der Waals surface area contributed by atoms with Gasteiger partial charge in [-0.05, 0) is 24.8 Å². The third-order valence-electron chi connectivity index (χ3n) is 3.28. The van der Waals surface area contributed by atoms with Crippen LogP contribution < -0.4 is 0 Å². The van der Waals surface area contributed by atoms with Gasteiger partial charge >= 0.3 is 0 Å². The van der Waals surface area contributed by atoms with Gasteiger partial charge in [-0.25, -0.2) is 4.98 Å². The lowest BCUT2D eigenvalue weighted by molar-refractivity contribution is 0.0976. The van der Waals surface area contributed by atoms with Gasteiger partial charge in [-0.15, -0.1) is 11.3 Å². The van der Waals surface area contributed by atoms with Crippen LogP contribution in [-0.4, -0.2) is 10.8 Å². The lowest BCUT2D eigenvalue weighted by Gasteiger charge is -2.06. The molecule has 3 rings (SSSR count). The van der Waals surface area contributed by atoms with Crippen LogP contribution in [0.1, 0.15) is 38.8 Å². The molecular formula is C15H15NOS. The van der Waals surface area contributed by atoms with Gasteiger partial charge in [0.1, 0.15) is 0 Å². The Labute approximate surface area is 111 Å². The Kier molecular flexibility index (Phi) is 3.24. The summed E-state index contributed by atoms with van der Waals surface area (Å²) in [5.41, 5.74) is 2.37. The third-order valence-corrected chi connectivity index (χ3v) is 4.48. The fraction of sp³-hybridized carbons (Fsp3) is 0.333. The van der Waals surface area contributed by atoms with E-state index in [0.29, 0.717) is 12.2 Å². The van der Waals surface area contributed by atoms with Gasteiger partial charge in [0, 0.05) is 12.8 Å². The number of benzene rings is 1. The van der Waals surface area contributed by atoms with Gasteiger partial charge in [0.15, 0.2) is 5.78 Å². The van der Waals surface area contributed by atoms with Crippen molar-refractivity contribution in [2.75, 3.05) is 0 Å². The van der Waals surface area contributed by atoms with Crippen LogP contribution in [-0.2, 0) is 19.3 Å². The molecular weight excluding hydrogens is 242 g/mol. The van der Waals surface area contributed by atoms with Crippen LogP contribution in [0.3, 0.4) is 0 Å². The lowest BCUT2D eigenvalue weighted by Crippen LogP contribution is -2.07. The molecule has 0 N–H and O–H groups in total. The minimum absolute atomic E-state index is 0.291. The number of fused-ring (bicyclic) bond motifs is 1. The van der Waals surface area contributed by atoms with Crippen molar-refractivity contribution in [1.29, 1.82) is 0 Å². The van der Waals surface area contributed by atoms with Crippen LogP contribution in [0.25, 0.3) is 0 Å². The lowest BCUT2D eigenvalue weighted by atomic mass is 10.0. The molecule has 1 aliphatic carbocycles. The first-order valence-electron chi connectivity index (χ1n) is 6.38. The zero-order valence-corrected chi connectivity index (χ0v) is 11.0. The van der Waals surface area contributed by atoms with Crippen molar-refractivity contribution in [2.24, 2.45) is 0 Å². The second-order valence-corrected chi connectivity index (χ2v) is 5.73. The molecule has 0 radical (unpaired) electrons. The van der Waals surface area contributed by atoms with Crippen LogP contribution in [0.5, 0.6) is 0 Å². The van der Waals surface area contributed by atoms with E-state index in [-0.39, 0.29) is 0 Å².